The van der Waals surface area contributed by atoms with Crippen molar-refractivity contribution in [2.45, 2.75) is 17.6 Å². The van der Waals surface area contributed by atoms with Gasteiger partial charge in [-0.1, -0.05) is 48.0 Å². The lowest BCUT2D eigenvalue weighted by atomic mass is 10.2. The molecule has 20 heavy (non-hydrogen) atoms. The molecule has 1 heterocycles. The molecule has 3 rings (SSSR count). The van der Waals surface area contributed by atoms with Crippen molar-refractivity contribution in [1.29, 1.82) is 0 Å². The lowest BCUT2D eigenvalue weighted by Crippen LogP contribution is -1.79. The normalized spacial score (nSPS) is 10.7. The van der Waals surface area contributed by atoms with Crippen LogP contribution < -0.4 is 0 Å². The van der Waals surface area contributed by atoms with Crippen molar-refractivity contribution in [2.75, 3.05) is 0 Å². The molecule has 0 saturated heterocycles. The number of oxazole rings is 1. The molecule has 0 saturated carbocycles. The van der Waals surface area contributed by atoms with Crippen LogP contribution >= 0.6 is 11.8 Å². The second-order valence-electron chi connectivity index (χ2n) is 4.59. The van der Waals surface area contributed by atoms with Gasteiger partial charge in [0.1, 0.15) is 0 Å². The van der Waals surface area contributed by atoms with Crippen LogP contribution in [-0.4, -0.2) is 4.98 Å². The minimum absolute atomic E-state index is 0.746. The van der Waals surface area contributed by atoms with Crippen molar-refractivity contribution in [3.05, 3.63) is 72.2 Å². The second kappa shape index (κ2) is 5.97. The molecule has 0 radical (unpaired) electrons. The van der Waals surface area contributed by atoms with Crippen LogP contribution in [0.15, 0.2) is 70.1 Å². The van der Waals surface area contributed by atoms with Crippen LogP contribution in [0.1, 0.15) is 11.5 Å². The van der Waals surface area contributed by atoms with Gasteiger partial charge in [0.15, 0.2) is 5.76 Å². The third-order valence-corrected chi connectivity index (χ3v) is 3.99. The summed E-state index contributed by atoms with van der Waals surface area (Å²) in [6.45, 7) is 2.09. The van der Waals surface area contributed by atoms with Crippen LogP contribution in [0, 0.1) is 6.92 Å². The Morgan fingerprint density at radius 2 is 1.75 bits per heavy atom. The van der Waals surface area contributed by atoms with Crippen molar-refractivity contribution in [3.63, 3.8) is 0 Å². The van der Waals surface area contributed by atoms with Crippen molar-refractivity contribution < 1.29 is 4.42 Å². The average molecular weight is 281 g/mol. The molecule has 0 atom stereocenters. The highest BCUT2D eigenvalue weighted by atomic mass is 32.2. The average Bonchev–Trinajstić information content (AvgIpc) is 2.97. The topological polar surface area (TPSA) is 26.0 Å². The predicted octanol–water partition coefficient (Wildman–Crippen LogP) is 4.94. The molecular weight excluding hydrogens is 266 g/mol. The molecule has 3 heteroatoms. The van der Waals surface area contributed by atoms with Gasteiger partial charge in [-0.2, -0.15) is 0 Å². The highest BCUT2D eigenvalue weighted by molar-refractivity contribution is 7.98. The van der Waals surface area contributed by atoms with E-state index < -0.39 is 0 Å². The lowest BCUT2D eigenvalue weighted by molar-refractivity contribution is 0.530. The number of aryl methyl sites for hydroxylation is 1. The maximum atomic E-state index is 5.78. The van der Waals surface area contributed by atoms with Gasteiger partial charge in [0, 0.05) is 10.5 Å². The fourth-order valence-electron chi connectivity index (χ4n) is 1.89. The maximum Gasteiger partial charge on any atom is 0.205 e. The summed E-state index contributed by atoms with van der Waals surface area (Å²) in [5.41, 5.74) is 2.34. The zero-order valence-corrected chi connectivity index (χ0v) is 12.1. The summed E-state index contributed by atoms with van der Waals surface area (Å²) in [6, 6.07) is 18.5. The predicted molar refractivity (Wildman–Crippen MR) is 82.7 cm³/mol. The van der Waals surface area contributed by atoms with Gasteiger partial charge in [-0.25, -0.2) is 4.98 Å². The zero-order chi connectivity index (χ0) is 13.8. The van der Waals surface area contributed by atoms with E-state index in [2.05, 4.69) is 36.2 Å². The smallest absolute Gasteiger partial charge is 0.205 e. The minimum Gasteiger partial charge on any atom is -0.440 e. The Labute approximate surface area is 122 Å². The van der Waals surface area contributed by atoms with E-state index in [4.69, 9.17) is 4.42 Å². The highest BCUT2D eigenvalue weighted by Gasteiger charge is 2.06. The maximum absolute atomic E-state index is 5.78. The van der Waals surface area contributed by atoms with Gasteiger partial charge in [0.05, 0.1) is 11.9 Å². The standard InChI is InChI=1S/C17H15NOS/c1-13-7-9-15(10-8-13)20-12-17-18-11-16(19-17)14-5-3-2-4-6-14/h2-11H,12H2,1H3. The van der Waals surface area contributed by atoms with E-state index in [0.29, 0.717) is 0 Å². The van der Waals surface area contributed by atoms with Crippen LogP contribution in [0.25, 0.3) is 11.3 Å². The van der Waals surface area contributed by atoms with Crippen LogP contribution in [0.5, 0.6) is 0 Å². The molecular formula is C17H15NOS. The van der Waals surface area contributed by atoms with Gasteiger partial charge in [0.25, 0.3) is 0 Å². The van der Waals surface area contributed by atoms with Crippen LogP contribution in [0.3, 0.4) is 0 Å². The molecule has 1 aromatic heterocycles. The van der Waals surface area contributed by atoms with E-state index >= 15 is 0 Å². The molecule has 100 valence electrons. The van der Waals surface area contributed by atoms with E-state index in [9.17, 15) is 0 Å². The van der Waals surface area contributed by atoms with E-state index in [-0.39, 0.29) is 0 Å². The quantitative estimate of drug-likeness (QED) is 0.633. The number of rotatable bonds is 4. The van der Waals surface area contributed by atoms with Gasteiger partial charge in [-0.15, -0.1) is 11.8 Å². The van der Waals surface area contributed by atoms with Crippen molar-refractivity contribution >= 4 is 11.8 Å². The molecule has 0 aliphatic heterocycles. The molecule has 0 N–H and O–H groups in total. The van der Waals surface area contributed by atoms with Crippen molar-refractivity contribution in [3.8, 4) is 11.3 Å². The number of hydrogen-bond acceptors (Lipinski definition) is 3. The van der Waals surface area contributed by atoms with Gasteiger partial charge in [-0.05, 0) is 19.1 Å². The van der Waals surface area contributed by atoms with Gasteiger partial charge < -0.3 is 4.42 Å². The summed E-state index contributed by atoms with van der Waals surface area (Å²) in [5.74, 6) is 2.33. The summed E-state index contributed by atoms with van der Waals surface area (Å²) >= 11 is 1.73. The summed E-state index contributed by atoms with van der Waals surface area (Å²) in [4.78, 5) is 5.57. The van der Waals surface area contributed by atoms with Crippen LogP contribution in [0.2, 0.25) is 0 Å². The molecule has 3 aromatic rings. The van der Waals surface area contributed by atoms with Crippen LogP contribution in [-0.2, 0) is 5.75 Å². The second-order valence-corrected chi connectivity index (χ2v) is 5.63. The molecule has 0 spiro atoms. The zero-order valence-electron chi connectivity index (χ0n) is 11.2. The lowest BCUT2D eigenvalue weighted by Gasteiger charge is -1.99. The third-order valence-electron chi connectivity index (χ3n) is 3.00. The Hall–Kier alpha value is -2.00. The monoisotopic (exact) mass is 281 g/mol. The van der Waals surface area contributed by atoms with Gasteiger partial charge >= 0.3 is 0 Å². The summed E-state index contributed by atoms with van der Waals surface area (Å²) in [5, 5.41) is 0. The Kier molecular flexibility index (Phi) is 3.88. The van der Waals surface area contributed by atoms with Crippen molar-refractivity contribution in [1.82, 2.24) is 4.98 Å². The Bertz CT molecular complexity index is 674. The fraction of sp³-hybridized carbons (Fsp3) is 0.118. The van der Waals surface area contributed by atoms with Gasteiger partial charge in [0.2, 0.25) is 5.89 Å². The first-order valence-corrected chi connectivity index (χ1v) is 7.49. The molecule has 0 bridgehead atoms. The Morgan fingerprint density at radius 1 is 1.00 bits per heavy atom. The molecule has 0 aliphatic carbocycles. The first kappa shape index (κ1) is 13.0. The minimum atomic E-state index is 0.746. The van der Waals surface area contributed by atoms with Gasteiger partial charge in [-0.3, -0.25) is 0 Å². The Morgan fingerprint density at radius 3 is 2.50 bits per heavy atom. The number of hydrogen-bond donors (Lipinski definition) is 0. The number of aromatic nitrogens is 1. The van der Waals surface area contributed by atoms with E-state index in [1.165, 1.54) is 10.5 Å². The summed E-state index contributed by atoms with van der Waals surface area (Å²) in [6.07, 6.45) is 1.79. The van der Waals surface area contributed by atoms with Crippen LogP contribution in [0.4, 0.5) is 0 Å². The van der Waals surface area contributed by atoms with E-state index in [0.717, 1.165) is 23.0 Å². The van der Waals surface area contributed by atoms with E-state index in [1.54, 1.807) is 18.0 Å². The highest BCUT2D eigenvalue weighted by Crippen LogP contribution is 2.25. The summed E-state index contributed by atoms with van der Waals surface area (Å²) < 4.78 is 5.78. The third kappa shape index (κ3) is 3.11. The first-order valence-electron chi connectivity index (χ1n) is 6.51. The molecule has 2 aromatic carbocycles. The molecule has 0 amide bonds. The molecule has 0 aliphatic rings. The molecule has 2 nitrogen and oxygen atoms in total. The number of nitrogens with zero attached hydrogens (tertiary/aromatic N) is 1. The molecule has 0 fully saturated rings. The fourth-order valence-corrected chi connectivity index (χ4v) is 2.64. The molecule has 0 unspecified atom stereocenters. The number of thioether (sulfide) groups is 1. The first-order chi connectivity index (χ1) is 9.81. The van der Waals surface area contributed by atoms with E-state index in [1.807, 2.05) is 30.3 Å². The largest absolute Gasteiger partial charge is 0.440 e. The SMILES string of the molecule is Cc1ccc(SCc2ncc(-c3ccccc3)o2)cc1. The Balaban J connectivity index is 1.67. The summed E-state index contributed by atoms with van der Waals surface area (Å²) in [7, 11) is 0. The van der Waals surface area contributed by atoms with Crippen molar-refractivity contribution in [2.24, 2.45) is 0 Å². The number of benzene rings is 2.